The van der Waals surface area contributed by atoms with Crippen molar-refractivity contribution in [2.75, 3.05) is 25.2 Å². The van der Waals surface area contributed by atoms with E-state index in [0.717, 1.165) is 31.6 Å². The first-order valence-corrected chi connectivity index (χ1v) is 10.1. The van der Waals surface area contributed by atoms with Gasteiger partial charge in [0.05, 0.1) is 0 Å². The molecule has 29 heavy (non-hydrogen) atoms. The van der Waals surface area contributed by atoms with Crippen LogP contribution in [0.25, 0.3) is 10.9 Å². The highest BCUT2D eigenvalue weighted by Gasteiger charge is 2.26. The van der Waals surface area contributed by atoms with E-state index in [4.69, 9.17) is 9.47 Å². The zero-order valence-corrected chi connectivity index (χ0v) is 16.7. The largest absolute Gasteiger partial charge is 0.454 e. The molecule has 0 aliphatic carbocycles. The van der Waals surface area contributed by atoms with Gasteiger partial charge in [-0.2, -0.15) is 0 Å². The van der Waals surface area contributed by atoms with Crippen molar-refractivity contribution >= 4 is 22.6 Å². The summed E-state index contributed by atoms with van der Waals surface area (Å²) in [6.45, 7) is 6.05. The van der Waals surface area contributed by atoms with Crippen molar-refractivity contribution in [3.8, 4) is 11.5 Å². The van der Waals surface area contributed by atoms with Crippen molar-refractivity contribution in [2.45, 2.75) is 32.6 Å². The number of likely N-dealkylation sites (tertiary alicyclic amines) is 1. The van der Waals surface area contributed by atoms with Crippen LogP contribution in [0.4, 0.5) is 10.5 Å². The maximum absolute atomic E-state index is 12.7. The minimum Gasteiger partial charge on any atom is -0.454 e. The van der Waals surface area contributed by atoms with Crippen molar-refractivity contribution < 1.29 is 14.3 Å². The lowest BCUT2D eigenvalue weighted by Gasteiger charge is -2.32. The van der Waals surface area contributed by atoms with Gasteiger partial charge in [-0.3, -0.25) is 0 Å². The number of fused-ring (bicyclic) bond motifs is 2. The van der Waals surface area contributed by atoms with Gasteiger partial charge in [0, 0.05) is 47.4 Å². The smallest absolute Gasteiger partial charge is 0.321 e. The van der Waals surface area contributed by atoms with E-state index >= 15 is 0 Å². The number of benzene rings is 2. The van der Waals surface area contributed by atoms with Gasteiger partial charge < -0.3 is 24.7 Å². The van der Waals surface area contributed by atoms with E-state index in [1.807, 2.05) is 23.1 Å². The van der Waals surface area contributed by atoms with Crippen LogP contribution < -0.4 is 14.8 Å². The summed E-state index contributed by atoms with van der Waals surface area (Å²) in [5.41, 5.74) is 5.86. The number of urea groups is 1. The molecule has 6 heteroatoms. The lowest BCUT2D eigenvalue weighted by atomic mass is 9.91. The molecular formula is C23H25N3O3. The molecule has 1 aromatic heterocycles. The zero-order valence-electron chi connectivity index (χ0n) is 16.7. The zero-order chi connectivity index (χ0) is 20.0. The molecule has 0 atom stereocenters. The fraction of sp³-hybridized carbons (Fsp3) is 0.348. The van der Waals surface area contributed by atoms with E-state index in [-0.39, 0.29) is 12.8 Å². The molecule has 150 valence electrons. The Bertz CT molecular complexity index is 1080. The second-order valence-electron chi connectivity index (χ2n) is 7.97. The van der Waals surface area contributed by atoms with Crippen LogP contribution in [-0.2, 0) is 0 Å². The number of H-pyrrole nitrogens is 1. The fourth-order valence-electron chi connectivity index (χ4n) is 4.42. The Balaban J connectivity index is 1.24. The van der Waals surface area contributed by atoms with Crippen LogP contribution in [0.5, 0.6) is 11.5 Å². The van der Waals surface area contributed by atoms with Gasteiger partial charge in [-0.25, -0.2) is 4.79 Å². The number of carbonyl (C=O) groups excluding carboxylic acids is 1. The minimum atomic E-state index is -0.0636. The molecule has 1 saturated heterocycles. The van der Waals surface area contributed by atoms with Gasteiger partial charge in [0.25, 0.3) is 0 Å². The maximum Gasteiger partial charge on any atom is 0.321 e. The Morgan fingerprint density at radius 3 is 2.69 bits per heavy atom. The van der Waals surface area contributed by atoms with Gasteiger partial charge in [0.2, 0.25) is 6.79 Å². The van der Waals surface area contributed by atoms with Crippen molar-refractivity contribution in [1.82, 2.24) is 9.88 Å². The van der Waals surface area contributed by atoms with Gasteiger partial charge in [0.15, 0.2) is 11.5 Å². The average Bonchev–Trinajstić information content (AvgIpc) is 3.32. The SMILES string of the molecule is Cc1ccc2[nH]c(C3CCN(C(=O)Nc4ccc5c(c4)OCO5)CC3)c(C)c2c1. The molecule has 5 rings (SSSR count). The van der Waals surface area contributed by atoms with Gasteiger partial charge in [-0.1, -0.05) is 11.6 Å². The van der Waals surface area contributed by atoms with Gasteiger partial charge in [-0.15, -0.1) is 0 Å². The third kappa shape index (κ3) is 3.28. The van der Waals surface area contributed by atoms with Gasteiger partial charge >= 0.3 is 6.03 Å². The van der Waals surface area contributed by atoms with Crippen LogP contribution in [0, 0.1) is 13.8 Å². The number of amides is 2. The van der Waals surface area contributed by atoms with Crippen molar-refractivity contribution in [3.05, 3.63) is 53.2 Å². The number of nitrogens with zero attached hydrogens (tertiary/aromatic N) is 1. The quantitative estimate of drug-likeness (QED) is 0.651. The molecule has 6 nitrogen and oxygen atoms in total. The summed E-state index contributed by atoms with van der Waals surface area (Å²) in [6, 6.07) is 12.0. The third-order valence-corrected chi connectivity index (χ3v) is 6.07. The van der Waals surface area contributed by atoms with Crippen LogP contribution >= 0.6 is 0 Å². The van der Waals surface area contributed by atoms with Crippen LogP contribution in [0.15, 0.2) is 36.4 Å². The first-order valence-electron chi connectivity index (χ1n) is 10.1. The first kappa shape index (κ1) is 17.9. The summed E-state index contributed by atoms with van der Waals surface area (Å²) in [6.07, 6.45) is 1.92. The van der Waals surface area contributed by atoms with Crippen LogP contribution in [0.3, 0.4) is 0 Å². The second-order valence-corrected chi connectivity index (χ2v) is 7.97. The molecule has 2 N–H and O–H groups in total. The summed E-state index contributed by atoms with van der Waals surface area (Å²) in [5, 5.41) is 4.29. The number of aromatic amines is 1. The Labute approximate surface area is 169 Å². The summed E-state index contributed by atoms with van der Waals surface area (Å²) in [5.74, 6) is 1.84. The summed E-state index contributed by atoms with van der Waals surface area (Å²) in [7, 11) is 0. The number of hydrogen-bond acceptors (Lipinski definition) is 3. The number of piperidine rings is 1. The number of aryl methyl sites for hydroxylation is 2. The molecule has 2 amide bonds. The van der Waals surface area contributed by atoms with Crippen LogP contribution in [0.2, 0.25) is 0 Å². The normalized spacial score (nSPS) is 16.4. The molecule has 0 saturated carbocycles. The Morgan fingerprint density at radius 2 is 1.86 bits per heavy atom. The van der Waals surface area contributed by atoms with E-state index < -0.39 is 0 Å². The molecule has 0 unspecified atom stereocenters. The average molecular weight is 391 g/mol. The summed E-state index contributed by atoms with van der Waals surface area (Å²) < 4.78 is 10.7. The molecule has 0 bridgehead atoms. The number of ether oxygens (including phenoxy) is 2. The van der Waals surface area contributed by atoms with E-state index in [1.165, 1.54) is 27.7 Å². The van der Waals surface area contributed by atoms with E-state index in [2.05, 4.69) is 42.3 Å². The van der Waals surface area contributed by atoms with E-state index in [0.29, 0.717) is 17.4 Å². The number of carbonyl (C=O) groups is 1. The van der Waals surface area contributed by atoms with Crippen molar-refractivity contribution in [2.24, 2.45) is 0 Å². The molecular weight excluding hydrogens is 366 g/mol. The molecule has 0 spiro atoms. The monoisotopic (exact) mass is 391 g/mol. The number of rotatable bonds is 2. The number of anilines is 1. The highest BCUT2D eigenvalue weighted by molar-refractivity contribution is 5.90. The standard InChI is InChI=1S/C23H25N3O3/c1-14-3-5-19-18(11-14)15(2)22(25-19)16-7-9-26(10-8-16)23(27)24-17-4-6-20-21(12-17)29-13-28-20/h3-6,11-12,16,25H,7-10,13H2,1-2H3,(H,24,27). The predicted molar refractivity (Wildman–Crippen MR) is 113 cm³/mol. The number of hydrogen-bond donors (Lipinski definition) is 2. The highest BCUT2D eigenvalue weighted by atomic mass is 16.7. The van der Waals surface area contributed by atoms with Crippen molar-refractivity contribution in [3.63, 3.8) is 0 Å². The summed E-state index contributed by atoms with van der Waals surface area (Å²) >= 11 is 0. The maximum atomic E-state index is 12.7. The number of nitrogens with one attached hydrogen (secondary N) is 2. The molecule has 1 fully saturated rings. The summed E-state index contributed by atoms with van der Waals surface area (Å²) in [4.78, 5) is 18.2. The molecule has 0 radical (unpaired) electrons. The third-order valence-electron chi connectivity index (χ3n) is 6.07. The van der Waals surface area contributed by atoms with Crippen LogP contribution in [0.1, 0.15) is 35.6 Å². The molecule has 2 aliphatic rings. The van der Waals surface area contributed by atoms with Crippen molar-refractivity contribution in [1.29, 1.82) is 0 Å². The molecule has 2 aliphatic heterocycles. The van der Waals surface area contributed by atoms with Gasteiger partial charge in [-0.05, 0) is 56.5 Å². The van der Waals surface area contributed by atoms with Gasteiger partial charge in [0.1, 0.15) is 0 Å². The lowest BCUT2D eigenvalue weighted by Crippen LogP contribution is -2.40. The first-order chi connectivity index (χ1) is 14.1. The van der Waals surface area contributed by atoms with E-state index in [9.17, 15) is 4.79 Å². The fourth-order valence-corrected chi connectivity index (χ4v) is 4.42. The molecule has 3 aromatic rings. The second kappa shape index (κ2) is 7.03. The lowest BCUT2D eigenvalue weighted by molar-refractivity contribution is 0.174. The molecule has 3 heterocycles. The minimum absolute atomic E-state index is 0.0636. The Hall–Kier alpha value is -3.15. The topological polar surface area (TPSA) is 66.6 Å². The Morgan fingerprint density at radius 1 is 1.07 bits per heavy atom. The molecule has 2 aromatic carbocycles. The highest BCUT2D eigenvalue weighted by Crippen LogP contribution is 2.35. The predicted octanol–water partition coefficient (Wildman–Crippen LogP) is 4.92. The van der Waals surface area contributed by atoms with E-state index in [1.54, 1.807) is 0 Å². The number of aromatic nitrogens is 1. The Kier molecular flexibility index (Phi) is 4.34. The van der Waals surface area contributed by atoms with Crippen LogP contribution in [-0.4, -0.2) is 35.8 Å².